The number of piperidine rings is 1. The summed E-state index contributed by atoms with van der Waals surface area (Å²) in [6.45, 7) is 11.3. The van der Waals surface area contributed by atoms with Crippen molar-refractivity contribution in [2.75, 3.05) is 31.6 Å². The number of carbonyl (C=O) groups excluding carboxylic acids is 1. The summed E-state index contributed by atoms with van der Waals surface area (Å²) >= 11 is 0. The van der Waals surface area contributed by atoms with E-state index in [1.165, 1.54) is 57.8 Å². The third-order valence-electron chi connectivity index (χ3n) is 8.64. The molecule has 0 bridgehead atoms. The summed E-state index contributed by atoms with van der Waals surface area (Å²) in [7, 11) is 0. The topological polar surface area (TPSA) is 78.5 Å². The van der Waals surface area contributed by atoms with Gasteiger partial charge < -0.3 is 23.7 Å². The van der Waals surface area contributed by atoms with Gasteiger partial charge in [-0.2, -0.15) is 0 Å². The highest BCUT2D eigenvalue weighted by molar-refractivity contribution is 5.85. The van der Waals surface area contributed by atoms with Crippen LogP contribution in [0.1, 0.15) is 110 Å². The number of hydrogen-bond acceptors (Lipinski definition) is 7. The molecule has 246 valence electrons. The van der Waals surface area contributed by atoms with Gasteiger partial charge >= 0.3 is 6.09 Å². The fourth-order valence-electron chi connectivity index (χ4n) is 6.34. The minimum atomic E-state index is -0.754. The Bertz CT molecular complexity index is 926. The number of amides is 1. The molecule has 1 aromatic carbocycles. The zero-order chi connectivity index (χ0) is 29.8. The number of aryl methyl sites for hydroxylation is 1. The Labute approximate surface area is 266 Å². The Kier molecular flexibility index (Phi) is 15.5. The lowest BCUT2D eigenvalue weighted by Gasteiger charge is -2.34. The molecule has 0 spiro atoms. The number of ether oxygens (including phenoxy) is 5. The van der Waals surface area contributed by atoms with Gasteiger partial charge in [0.15, 0.2) is 12.1 Å². The van der Waals surface area contributed by atoms with Gasteiger partial charge in [-0.15, -0.1) is 12.4 Å². The van der Waals surface area contributed by atoms with Crippen molar-refractivity contribution in [2.45, 2.75) is 148 Å². The molecule has 0 unspecified atom stereocenters. The molecule has 5 atom stereocenters. The number of rotatable bonds is 17. The quantitative estimate of drug-likeness (QED) is 0.176. The molecular weight excluding hydrogens is 568 g/mol. The monoisotopic (exact) mass is 624 g/mol. The second-order valence-corrected chi connectivity index (χ2v) is 12.9. The van der Waals surface area contributed by atoms with E-state index in [9.17, 15) is 4.79 Å². The second-order valence-electron chi connectivity index (χ2n) is 12.9. The molecule has 1 aromatic rings. The molecule has 0 aliphatic carbocycles. The zero-order valence-electron chi connectivity index (χ0n) is 27.0. The van der Waals surface area contributed by atoms with E-state index in [4.69, 9.17) is 23.7 Å². The van der Waals surface area contributed by atoms with Gasteiger partial charge in [0.1, 0.15) is 24.4 Å². The highest BCUT2D eigenvalue weighted by Crippen LogP contribution is 2.41. The number of carbonyl (C=O) groups is 1. The summed E-state index contributed by atoms with van der Waals surface area (Å²) in [4.78, 5) is 15.4. The first-order valence-corrected chi connectivity index (χ1v) is 16.7. The number of likely N-dealkylation sites (tertiary alicyclic amines) is 1. The van der Waals surface area contributed by atoms with Gasteiger partial charge in [-0.1, -0.05) is 88.8 Å². The average Bonchev–Trinajstić information content (AvgIpc) is 3.46. The largest absolute Gasteiger partial charge is 0.442 e. The fraction of sp³-hybridized carbons (Fsp3) is 0.794. The maximum atomic E-state index is 13.1. The van der Waals surface area contributed by atoms with E-state index < -0.39 is 30.4 Å². The van der Waals surface area contributed by atoms with Gasteiger partial charge in [-0.05, 0) is 65.3 Å². The van der Waals surface area contributed by atoms with Gasteiger partial charge in [0.2, 0.25) is 0 Å². The van der Waals surface area contributed by atoms with Gasteiger partial charge in [-0.3, -0.25) is 10.2 Å². The van der Waals surface area contributed by atoms with Gasteiger partial charge in [0.05, 0.1) is 0 Å². The Morgan fingerprint density at radius 3 is 2.19 bits per heavy atom. The van der Waals surface area contributed by atoms with E-state index >= 15 is 0 Å². The Hall–Kier alpha value is -1.42. The Balaban J connectivity index is 0.00000506. The zero-order valence-corrected chi connectivity index (χ0v) is 27.8. The average molecular weight is 625 g/mol. The summed E-state index contributed by atoms with van der Waals surface area (Å²) in [5.74, 6) is -0.754. The van der Waals surface area contributed by atoms with Crippen molar-refractivity contribution in [2.24, 2.45) is 0 Å². The molecule has 3 fully saturated rings. The molecule has 4 rings (SSSR count). The molecule has 3 aliphatic heterocycles. The van der Waals surface area contributed by atoms with E-state index in [2.05, 4.69) is 17.1 Å². The first-order valence-electron chi connectivity index (χ1n) is 16.7. The minimum Gasteiger partial charge on any atom is -0.442 e. The standard InChI is InChI=1S/C34H56N2O6.ClH/c1-5-6-7-8-9-10-11-12-13-17-24-38-32-31-30(41-34(3,4)42-31)29(40-32)28(25-36-22-15-14-16-23-36)39-33(37)35-27-20-18-26(2)19-21-27;/h18-21,28-32H,5-17,22-25H2,1-4H3,(H,35,37);1H/t28-,29-,30+,31+,32+;/m1./s1. The highest BCUT2D eigenvalue weighted by atomic mass is 35.5. The first kappa shape index (κ1) is 36.1. The molecule has 0 aromatic heterocycles. The second kappa shape index (κ2) is 18.5. The third-order valence-corrected chi connectivity index (χ3v) is 8.64. The van der Waals surface area contributed by atoms with Crippen LogP contribution in [0.5, 0.6) is 0 Å². The number of nitrogens with zero attached hydrogens (tertiary/aromatic N) is 1. The molecule has 3 heterocycles. The molecular formula is C34H57ClN2O6. The van der Waals surface area contributed by atoms with Crippen molar-refractivity contribution < 1.29 is 28.5 Å². The van der Waals surface area contributed by atoms with Crippen molar-refractivity contribution in [1.29, 1.82) is 0 Å². The van der Waals surface area contributed by atoms with Crippen LogP contribution >= 0.6 is 12.4 Å². The van der Waals surface area contributed by atoms with Crippen LogP contribution in [0, 0.1) is 6.92 Å². The number of nitrogens with one attached hydrogen (secondary N) is 1. The smallest absolute Gasteiger partial charge is 0.412 e. The van der Waals surface area contributed by atoms with Crippen LogP contribution in [0.3, 0.4) is 0 Å². The van der Waals surface area contributed by atoms with Gasteiger partial charge in [0.25, 0.3) is 0 Å². The Morgan fingerprint density at radius 2 is 1.53 bits per heavy atom. The number of benzene rings is 1. The lowest BCUT2D eigenvalue weighted by molar-refractivity contribution is -0.243. The molecule has 3 saturated heterocycles. The minimum absolute atomic E-state index is 0. The van der Waals surface area contributed by atoms with Crippen LogP contribution in [-0.4, -0.2) is 73.7 Å². The predicted octanol–water partition coefficient (Wildman–Crippen LogP) is 8.00. The lowest BCUT2D eigenvalue weighted by atomic mass is 10.0. The lowest BCUT2D eigenvalue weighted by Crippen LogP contribution is -2.49. The number of fused-ring (bicyclic) bond motifs is 1. The van der Waals surface area contributed by atoms with Crippen LogP contribution < -0.4 is 5.32 Å². The van der Waals surface area contributed by atoms with E-state index in [0.717, 1.165) is 44.3 Å². The molecule has 1 N–H and O–H groups in total. The number of hydrogen-bond donors (Lipinski definition) is 1. The molecule has 9 heteroatoms. The van der Waals surface area contributed by atoms with Crippen LogP contribution in [0.2, 0.25) is 0 Å². The molecule has 3 aliphatic rings. The number of anilines is 1. The van der Waals surface area contributed by atoms with E-state index in [1.54, 1.807) is 0 Å². The van der Waals surface area contributed by atoms with Gasteiger partial charge in [0, 0.05) is 18.8 Å². The Morgan fingerprint density at radius 1 is 0.930 bits per heavy atom. The maximum Gasteiger partial charge on any atom is 0.412 e. The molecule has 0 saturated carbocycles. The van der Waals surface area contributed by atoms with Crippen molar-refractivity contribution in [3.8, 4) is 0 Å². The van der Waals surface area contributed by atoms with Crippen molar-refractivity contribution in [3.63, 3.8) is 0 Å². The van der Waals surface area contributed by atoms with Crippen molar-refractivity contribution in [3.05, 3.63) is 29.8 Å². The molecule has 1 amide bonds. The summed E-state index contributed by atoms with van der Waals surface area (Å²) < 4.78 is 31.5. The first-order chi connectivity index (χ1) is 20.3. The SMILES string of the molecule is CCCCCCCCCCCCO[C@H]1O[C@H]([C@@H](CN2CCCCC2)OC(=O)Nc2ccc(C)cc2)[C@@H]2OC(C)(C)O[C@H]12.Cl. The number of halogens is 1. The highest BCUT2D eigenvalue weighted by Gasteiger charge is 2.58. The van der Waals surface area contributed by atoms with Crippen LogP contribution in [0.4, 0.5) is 10.5 Å². The predicted molar refractivity (Wildman–Crippen MR) is 173 cm³/mol. The summed E-state index contributed by atoms with van der Waals surface area (Å²) in [5, 5.41) is 2.88. The van der Waals surface area contributed by atoms with Crippen LogP contribution in [-0.2, 0) is 23.7 Å². The summed E-state index contributed by atoms with van der Waals surface area (Å²) in [6.07, 6.45) is 13.5. The van der Waals surface area contributed by atoms with Gasteiger partial charge in [-0.25, -0.2) is 4.79 Å². The number of unbranched alkanes of at least 4 members (excludes halogenated alkanes) is 9. The summed E-state index contributed by atoms with van der Waals surface area (Å²) in [5.41, 5.74) is 1.83. The summed E-state index contributed by atoms with van der Waals surface area (Å²) in [6, 6.07) is 7.69. The van der Waals surface area contributed by atoms with E-state index in [1.807, 2.05) is 45.0 Å². The fourth-order valence-corrected chi connectivity index (χ4v) is 6.34. The third kappa shape index (κ3) is 11.8. The van der Waals surface area contributed by atoms with E-state index in [-0.39, 0.29) is 24.6 Å². The van der Waals surface area contributed by atoms with Crippen molar-refractivity contribution in [1.82, 2.24) is 4.90 Å². The molecule has 8 nitrogen and oxygen atoms in total. The normalized spacial score (nSPS) is 25.6. The van der Waals surface area contributed by atoms with Crippen LogP contribution in [0.25, 0.3) is 0 Å². The maximum absolute atomic E-state index is 13.1. The molecule has 43 heavy (non-hydrogen) atoms. The van der Waals surface area contributed by atoms with E-state index in [0.29, 0.717) is 18.8 Å². The van der Waals surface area contributed by atoms with Crippen LogP contribution in [0.15, 0.2) is 24.3 Å². The molecule has 0 radical (unpaired) electrons. The van der Waals surface area contributed by atoms with Crippen molar-refractivity contribution >= 4 is 24.2 Å².